The molecule has 21 heavy (non-hydrogen) atoms. The van der Waals surface area contributed by atoms with E-state index in [1.165, 1.54) is 6.07 Å². The smallest absolute Gasteiger partial charge is 0.150 e. The van der Waals surface area contributed by atoms with Gasteiger partial charge in [0.1, 0.15) is 5.82 Å². The lowest BCUT2D eigenvalue weighted by molar-refractivity contribution is 0.0284. The van der Waals surface area contributed by atoms with Gasteiger partial charge in [0, 0.05) is 12.6 Å². The van der Waals surface area contributed by atoms with Gasteiger partial charge in [-0.15, -0.1) is 0 Å². The summed E-state index contributed by atoms with van der Waals surface area (Å²) in [7, 11) is -2.99. The summed E-state index contributed by atoms with van der Waals surface area (Å²) in [5.41, 5.74) is 0.412. The van der Waals surface area contributed by atoms with Crippen LogP contribution in [0.15, 0.2) is 18.2 Å². The molecule has 1 saturated heterocycles. The molecule has 1 atom stereocenters. The third kappa shape index (κ3) is 4.25. The van der Waals surface area contributed by atoms with Gasteiger partial charge in [0.25, 0.3) is 0 Å². The summed E-state index contributed by atoms with van der Waals surface area (Å²) < 4.78 is 36.3. The first-order chi connectivity index (χ1) is 9.71. The molecule has 0 aliphatic carbocycles. The third-order valence-electron chi connectivity index (χ3n) is 4.19. The van der Waals surface area contributed by atoms with Gasteiger partial charge < -0.3 is 10.4 Å². The van der Waals surface area contributed by atoms with Crippen LogP contribution in [-0.4, -0.2) is 37.2 Å². The van der Waals surface area contributed by atoms with Crippen LogP contribution in [0.1, 0.15) is 36.9 Å². The summed E-state index contributed by atoms with van der Waals surface area (Å²) in [6, 6.07) is 4.96. The van der Waals surface area contributed by atoms with Crippen LogP contribution in [-0.2, 0) is 9.84 Å². The molecule has 0 radical (unpaired) electrons. The van der Waals surface area contributed by atoms with E-state index < -0.39 is 15.4 Å². The fraction of sp³-hybridized carbons (Fsp3) is 0.600. The Bertz CT molecular complexity index is 601. The molecular weight excluding hydrogens is 293 g/mol. The first kappa shape index (κ1) is 16.4. The highest BCUT2D eigenvalue weighted by molar-refractivity contribution is 7.91. The molecule has 1 aliphatic rings. The Morgan fingerprint density at radius 3 is 2.57 bits per heavy atom. The molecule has 0 aromatic heterocycles. The fourth-order valence-electron chi connectivity index (χ4n) is 2.43. The van der Waals surface area contributed by atoms with Crippen LogP contribution in [0, 0.1) is 12.7 Å². The summed E-state index contributed by atoms with van der Waals surface area (Å²) >= 11 is 0. The van der Waals surface area contributed by atoms with Crippen molar-refractivity contribution in [3.63, 3.8) is 0 Å². The van der Waals surface area contributed by atoms with Gasteiger partial charge in [-0.2, -0.15) is 0 Å². The molecular formula is C15H22FNO3S. The molecule has 0 bridgehead atoms. The predicted octanol–water partition coefficient (Wildman–Crippen LogP) is 1.72. The van der Waals surface area contributed by atoms with Crippen LogP contribution in [0.25, 0.3) is 0 Å². The molecule has 1 aromatic carbocycles. The standard InChI is InChI=1S/C15H22FNO3S/c1-11-3-4-13(9-14(11)16)12(2)17-10-15(18)5-7-21(19,20)8-6-15/h3-4,9,12,17-18H,5-8,10H2,1-2H3/t12-/m1/s1. The SMILES string of the molecule is Cc1ccc([C@@H](C)NCC2(O)CCS(=O)(=O)CC2)cc1F. The quantitative estimate of drug-likeness (QED) is 0.888. The summed E-state index contributed by atoms with van der Waals surface area (Å²) in [4.78, 5) is 0. The largest absolute Gasteiger partial charge is 0.388 e. The Labute approximate surface area is 125 Å². The molecule has 1 aliphatic heterocycles. The summed E-state index contributed by atoms with van der Waals surface area (Å²) in [6.45, 7) is 3.91. The Kier molecular flexibility index (Phi) is 4.70. The number of aryl methyl sites for hydroxylation is 1. The Hall–Kier alpha value is -0.980. The van der Waals surface area contributed by atoms with E-state index in [1.54, 1.807) is 13.0 Å². The second kappa shape index (κ2) is 6.02. The van der Waals surface area contributed by atoms with Gasteiger partial charge in [0.05, 0.1) is 17.1 Å². The molecule has 0 unspecified atom stereocenters. The van der Waals surface area contributed by atoms with Crippen molar-refractivity contribution in [3.8, 4) is 0 Å². The van der Waals surface area contributed by atoms with Crippen LogP contribution in [0.3, 0.4) is 0 Å². The number of hydrogen-bond acceptors (Lipinski definition) is 4. The van der Waals surface area contributed by atoms with Gasteiger partial charge in [-0.05, 0) is 43.9 Å². The summed E-state index contributed by atoms with van der Waals surface area (Å²) in [5.74, 6) is -0.194. The highest BCUT2D eigenvalue weighted by Crippen LogP contribution is 2.24. The molecule has 1 aromatic rings. The number of benzene rings is 1. The zero-order chi connectivity index (χ0) is 15.7. The van der Waals surface area contributed by atoms with Gasteiger partial charge >= 0.3 is 0 Å². The van der Waals surface area contributed by atoms with Crippen LogP contribution in [0.2, 0.25) is 0 Å². The number of nitrogens with one attached hydrogen (secondary N) is 1. The minimum Gasteiger partial charge on any atom is -0.388 e. The Balaban J connectivity index is 1.94. The zero-order valence-electron chi connectivity index (χ0n) is 12.4. The lowest BCUT2D eigenvalue weighted by Crippen LogP contribution is -2.47. The van der Waals surface area contributed by atoms with Crippen LogP contribution in [0.5, 0.6) is 0 Å². The molecule has 0 spiro atoms. The molecule has 118 valence electrons. The van der Waals surface area contributed by atoms with Crippen LogP contribution in [0.4, 0.5) is 4.39 Å². The van der Waals surface area contributed by atoms with Crippen molar-refractivity contribution < 1.29 is 17.9 Å². The van der Waals surface area contributed by atoms with E-state index in [1.807, 2.05) is 13.0 Å². The molecule has 2 N–H and O–H groups in total. The monoisotopic (exact) mass is 315 g/mol. The molecule has 2 rings (SSSR count). The maximum Gasteiger partial charge on any atom is 0.150 e. The maximum absolute atomic E-state index is 13.6. The number of halogens is 1. The van der Waals surface area contributed by atoms with E-state index in [0.717, 1.165) is 5.56 Å². The first-order valence-corrected chi connectivity index (χ1v) is 8.95. The van der Waals surface area contributed by atoms with Gasteiger partial charge in [0.2, 0.25) is 0 Å². The average molecular weight is 315 g/mol. The van der Waals surface area contributed by atoms with Gasteiger partial charge in [0.15, 0.2) is 9.84 Å². The topological polar surface area (TPSA) is 66.4 Å². The second-order valence-electron chi connectivity index (χ2n) is 5.99. The van der Waals surface area contributed by atoms with Crippen molar-refractivity contribution in [2.45, 2.75) is 38.3 Å². The fourth-order valence-corrected chi connectivity index (χ4v) is 4.02. The van der Waals surface area contributed by atoms with Crippen molar-refractivity contribution in [2.24, 2.45) is 0 Å². The molecule has 1 fully saturated rings. The molecule has 1 heterocycles. The van der Waals surface area contributed by atoms with E-state index in [4.69, 9.17) is 0 Å². The van der Waals surface area contributed by atoms with E-state index in [-0.39, 0.29) is 36.2 Å². The van der Waals surface area contributed by atoms with Crippen molar-refractivity contribution in [3.05, 3.63) is 35.1 Å². The highest BCUT2D eigenvalue weighted by Gasteiger charge is 2.35. The van der Waals surface area contributed by atoms with E-state index in [2.05, 4.69) is 5.32 Å². The van der Waals surface area contributed by atoms with Crippen molar-refractivity contribution in [2.75, 3.05) is 18.1 Å². The van der Waals surface area contributed by atoms with Crippen LogP contribution < -0.4 is 5.32 Å². The normalized spacial score (nSPS) is 21.9. The summed E-state index contributed by atoms with van der Waals surface area (Å²) in [5, 5.41) is 13.6. The first-order valence-electron chi connectivity index (χ1n) is 7.13. The molecule has 4 nitrogen and oxygen atoms in total. The van der Waals surface area contributed by atoms with Gasteiger partial charge in [-0.3, -0.25) is 0 Å². The minimum atomic E-state index is -2.99. The van der Waals surface area contributed by atoms with Gasteiger partial charge in [-0.25, -0.2) is 12.8 Å². The molecule has 0 saturated carbocycles. The van der Waals surface area contributed by atoms with E-state index in [0.29, 0.717) is 12.1 Å². The number of rotatable bonds is 4. The minimum absolute atomic E-state index is 0.0265. The van der Waals surface area contributed by atoms with Crippen LogP contribution >= 0.6 is 0 Å². The third-order valence-corrected chi connectivity index (χ3v) is 5.84. The summed E-state index contributed by atoms with van der Waals surface area (Å²) in [6.07, 6.45) is 0.495. The zero-order valence-corrected chi connectivity index (χ0v) is 13.2. The maximum atomic E-state index is 13.6. The van der Waals surface area contributed by atoms with Crippen molar-refractivity contribution in [1.29, 1.82) is 0 Å². The number of sulfone groups is 1. The lowest BCUT2D eigenvalue weighted by atomic mass is 9.96. The van der Waals surface area contributed by atoms with Gasteiger partial charge in [-0.1, -0.05) is 12.1 Å². The Morgan fingerprint density at radius 2 is 2.00 bits per heavy atom. The lowest BCUT2D eigenvalue weighted by Gasteiger charge is -2.33. The number of aliphatic hydroxyl groups is 1. The Morgan fingerprint density at radius 1 is 1.38 bits per heavy atom. The average Bonchev–Trinajstić information content (AvgIpc) is 2.43. The number of hydrogen-bond donors (Lipinski definition) is 2. The van der Waals surface area contributed by atoms with Crippen molar-refractivity contribution in [1.82, 2.24) is 5.32 Å². The van der Waals surface area contributed by atoms with E-state index >= 15 is 0 Å². The predicted molar refractivity (Wildman–Crippen MR) is 80.4 cm³/mol. The van der Waals surface area contributed by atoms with E-state index in [9.17, 15) is 17.9 Å². The van der Waals surface area contributed by atoms with Crippen molar-refractivity contribution >= 4 is 9.84 Å². The highest BCUT2D eigenvalue weighted by atomic mass is 32.2. The molecule has 6 heteroatoms. The molecule has 0 amide bonds. The second-order valence-corrected chi connectivity index (χ2v) is 8.29.